The second-order valence-electron chi connectivity index (χ2n) is 3.99. The smallest absolute Gasteiger partial charge is 0.407 e. The predicted octanol–water partition coefficient (Wildman–Crippen LogP) is 1.25. The van der Waals surface area contributed by atoms with Crippen LogP contribution in [0.25, 0.3) is 0 Å². The van der Waals surface area contributed by atoms with Crippen LogP contribution in [-0.2, 0) is 4.74 Å². The van der Waals surface area contributed by atoms with E-state index in [2.05, 4.69) is 5.32 Å². The van der Waals surface area contributed by atoms with Gasteiger partial charge in [-0.1, -0.05) is 6.92 Å². The maximum Gasteiger partial charge on any atom is 0.407 e. The SMILES string of the molecule is CCC(CN)NC(=O)OC(C)(C)C. The molecule has 4 nitrogen and oxygen atoms in total. The molecule has 0 saturated heterocycles. The van der Waals surface area contributed by atoms with Gasteiger partial charge in [-0.2, -0.15) is 0 Å². The molecule has 0 aliphatic heterocycles. The largest absolute Gasteiger partial charge is 0.444 e. The van der Waals surface area contributed by atoms with Gasteiger partial charge in [0.05, 0.1) is 0 Å². The Morgan fingerprint density at radius 1 is 1.54 bits per heavy atom. The Labute approximate surface area is 79.8 Å². The molecular formula is C9H20N2O2. The van der Waals surface area contributed by atoms with E-state index in [1.807, 2.05) is 27.7 Å². The van der Waals surface area contributed by atoms with Gasteiger partial charge in [-0.05, 0) is 27.2 Å². The first kappa shape index (κ1) is 12.2. The maximum atomic E-state index is 11.2. The van der Waals surface area contributed by atoms with Crippen LogP contribution in [0.15, 0.2) is 0 Å². The average molecular weight is 188 g/mol. The number of carbonyl (C=O) groups is 1. The molecule has 0 radical (unpaired) electrons. The van der Waals surface area contributed by atoms with Crippen LogP contribution in [0.3, 0.4) is 0 Å². The van der Waals surface area contributed by atoms with E-state index >= 15 is 0 Å². The Bertz CT molecular complexity index is 159. The maximum absolute atomic E-state index is 11.2. The molecule has 1 amide bonds. The van der Waals surface area contributed by atoms with E-state index in [9.17, 15) is 4.79 Å². The van der Waals surface area contributed by atoms with Crippen LogP contribution in [0.5, 0.6) is 0 Å². The molecule has 1 unspecified atom stereocenters. The first-order chi connectivity index (χ1) is 5.89. The lowest BCUT2D eigenvalue weighted by atomic mass is 10.2. The van der Waals surface area contributed by atoms with Crippen molar-refractivity contribution < 1.29 is 9.53 Å². The molecule has 0 heterocycles. The van der Waals surface area contributed by atoms with Crippen LogP contribution in [0.1, 0.15) is 34.1 Å². The monoisotopic (exact) mass is 188 g/mol. The zero-order valence-corrected chi connectivity index (χ0v) is 8.89. The number of alkyl carbamates (subject to hydrolysis) is 1. The van der Waals surface area contributed by atoms with Crippen molar-refractivity contribution in [3.8, 4) is 0 Å². The number of ether oxygens (including phenoxy) is 1. The normalized spacial score (nSPS) is 13.6. The third-order valence-electron chi connectivity index (χ3n) is 1.50. The highest BCUT2D eigenvalue weighted by Crippen LogP contribution is 2.06. The lowest BCUT2D eigenvalue weighted by Crippen LogP contribution is -2.42. The van der Waals surface area contributed by atoms with Crippen molar-refractivity contribution in [3.05, 3.63) is 0 Å². The van der Waals surface area contributed by atoms with Crippen molar-refractivity contribution in [3.63, 3.8) is 0 Å². The number of hydrogen-bond acceptors (Lipinski definition) is 3. The number of hydrogen-bond donors (Lipinski definition) is 2. The average Bonchev–Trinajstić information content (AvgIpc) is 1.96. The predicted molar refractivity (Wildman–Crippen MR) is 52.5 cm³/mol. The van der Waals surface area contributed by atoms with E-state index in [0.29, 0.717) is 6.54 Å². The fourth-order valence-corrected chi connectivity index (χ4v) is 0.802. The Hall–Kier alpha value is -0.770. The van der Waals surface area contributed by atoms with Crippen molar-refractivity contribution in [2.75, 3.05) is 6.54 Å². The van der Waals surface area contributed by atoms with Crippen LogP contribution in [-0.4, -0.2) is 24.3 Å². The van der Waals surface area contributed by atoms with Crippen LogP contribution in [0.4, 0.5) is 4.79 Å². The minimum Gasteiger partial charge on any atom is -0.444 e. The molecule has 78 valence electrons. The minimum atomic E-state index is -0.447. The van der Waals surface area contributed by atoms with Gasteiger partial charge in [0.25, 0.3) is 0 Å². The third-order valence-corrected chi connectivity index (χ3v) is 1.50. The van der Waals surface area contributed by atoms with Gasteiger partial charge in [-0.25, -0.2) is 4.79 Å². The lowest BCUT2D eigenvalue weighted by molar-refractivity contribution is 0.0505. The van der Waals surface area contributed by atoms with Crippen molar-refractivity contribution in [1.29, 1.82) is 0 Å². The molecule has 0 fully saturated rings. The molecule has 0 spiro atoms. The Kier molecular flexibility index (Phi) is 4.77. The molecule has 0 aromatic rings. The summed E-state index contributed by atoms with van der Waals surface area (Å²) in [4.78, 5) is 11.2. The summed E-state index contributed by atoms with van der Waals surface area (Å²) in [5.41, 5.74) is 4.98. The summed E-state index contributed by atoms with van der Waals surface area (Å²) in [6, 6.07) is 0.00912. The highest BCUT2D eigenvalue weighted by Gasteiger charge is 2.17. The quantitative estimate of drug-likeness (QED) is 0.700. The van der Waals surface area contributed by atoms with E-state index in [-0.39, 0.29) is 6.04 Å². The van der Waals surface area contributed by atoms with Crippen LogP contribution in [0.2, 0.25) is 0 Å². The molecule has 13 heavy (non-hydrogen) atoms. The van der Waals surface area contributed by atoms with E-state index in [1.165, 1.54) is 0 Å². The minimum absolute atomic E-state index is 0.00912. The van der Waals surface area contributed by atoms with Crippen molar-refractivity contribution in [2.45, 2.75) is 45.8 Å². The van der Waals surface area contributed by atoms with E-state index < -0.39 is 11.7 Å². The number of amides is 1. The summed E-state index contributed by atoms with van der Waals surface area (Å²) in [6.45, 7) is 7.90. The van der Waals surface area contributed by atoms with E-state index in [1.54, 1.807) is 0 Å². The first-order valence-electron chi connectivity index (χ1n) is 4.58. The van der Waals surface area contributed by atoms with Gasteiger partial charge in [-0.3, -0.25) is 0 Å². The van der Waals surface area contributed by atoms with Gasteiger partial charge in [0.15, 0.2) is 0 Å². The summed E-state index contributed by atoms with van der Waals surface area (Å²) in [5, 5.41) is 2.69. The van der Waals surface area contributed by atoms with Crippen LogP contribution < -0.4 is 11.1 Å². The van der Waals surface area contributed by atoms with Gasteiger partial charge < -0.3 is 15.8 Å². The van der Waals surface area contributed by atoms with E-state index in [4.69, 9.17) is 10.5 Å². The Morgan fingerprint density at radius 3 is 2.38 bits per heavy atom. The summed E-state index contributed by atoms with van der Waals surface area (Å²) >= 11 is 0. The second-order valence-corrected chi connectivity index (χ2v) is 3.99. The molecule has 0 rings (SSSR count). The van der Waals surface area contributed by atoms with Crippen molar-refractivity contribution in [1.82, 2.24) is 5.32 Å². The van der Waals surface area contributed by atoms with Gasteiger partial charge in [0, 0.05) is 12.6 Å². The van der Waals surface area contributed by atoms with Gasteiger partial charge in [-0.15, -0.1) is 0 Å². The zero-order chi connectivity index (χ0) is 10.5. The summed E-state index contributed by atoms with van der Waals surface area (Å²) < 4.78 is 5.07. The first-order valence-corrected chi connectivity index (χ1v) is 4.58. The molecule has 3 N–H and O–H groups in total. The topological polar surface area (TPSA) is 64.3 Å². The zero-order valence-electron chi connectivity index (χ0n) is 8.89. The second kappa shape index (κ2) is 5.07. The van der Waals surface area contributed by atoms with Crippen LogP contribution >= 0.6 is 0 Å². The lowest BCUT2D eigenvalue weighted by Gasteiger charge is -2.22. The molecule has 0 aromatic heterocycles. The molecule has 1 atom stereocenters. The van der Waals surface area contributed by atoms with Gasteiger partial charge >= 0.3 is 6.09 Å². The summed E-state index contributed by atoms with van der Waals surface area (Å²) in [5.74, 6) is 0. The fraction of sp³-hybridized carbons (Fsp3) is 0.889. The molecule has 0 aliphatic rings. The molecular weight excluding hydrogens is 168 g/mol. The molecule has 4 heteroatoms. The summed E-state index contributed by atoms with van der Waals surface area (Å²) in [7, 11) is 0. The summed E-state index contributed by atoms with van der Waals surface area (Å²) in [6.07, 6.45) is 0.417. The molecule has 0 bridgehead atoms. The molecule has 0 aromatic carbocycles. The number of carbonyl (C=O) groups excluding carboxylic acids is 1. The van der Waals surface area contributed by atoms with Gasteiger partial charge in [0.2, 0.25) is 0 Å². The Morgan fingerprint density at radius 2 is 2.08 bits per heavy atom. The number of nitrogens with two attached hydrogens (primary N) is 1. The fourth-order valence-electron chi connectivity index (χ4n) is 0.802. The number of nitrogens with one attached hydrogen (secondary N) is 1. The molecule has 0 aliphatic carbocycles. The highest BCUT2D eigenvalue weighted by molar-refractivity contribution is 5.68. The van der Waals surface area contributed by atoms with E-state index in [0.717, 1.165) is 6.42 Å². The van der Waals surface area contributed by atoms with Crippen molar-refractivity contribution >= 4 is 6.09 Å². The molecule has 0 saturated carbocycles. The van der Waals surface area contributed by atoms with Gasteiger partial charge in [0.1, 0.15) is 5.60 Å². The Balaban J connectivity index is 3.86. The number of rotatable bonds is 3. The third kappa shape index (κ3) is 6.40. The standard InChI is InChI=1S/C9H20N2O2/c1-5-7(6-10)11-8(12)13-9(2,3)4/h7H,5-6,10H2,1-4H3,(H,11,12). The highest BCUT2D eigenvalue weighted by atomic mass is 16.6. The van der Waals surface area contributed by atoms with Crippen LogP contribution in [0, 0.1) is 0 Å². The van der Waals surface area contributed by atoms with Crippen molar-refractivity contribution in [2.24, 2.45) is 5.73 Å².